The fourth-order valence-corrected chi connectivity index (χ4v) is 1.48. The molecule has 76 valence electrons. The van der Waals surface area contributed by atoms with E-state index in [1.807, 2.05) is 6.92 Å². The van der Waals surface area contributed by atoms with E-state index in [1.165, 1.54) is 0 Å². The highest BCUT2D eigenvalue weighted by Gasteiger charge is 2.29. The minimum Gasteiger partial charge on any atom is -0.372 e. The van der Waals surface area contributed by atoms with E-state index in [0.717, 1.165) is 6.54 Å². The summed E-state index contributed by atoms with van der Waals surface area (Å²) in [5, 5.41) is 0. The molecule has 0 bridgehead atoms. The van der Waals surface area contributed by atoms with Crippen molar-refractivity contribution in [2.75, 3.05) is 26.3 Å². The normalized spacial score (nSPS) is 28.1. The van der Waals surface area contributed by atoms with Crippen LogP contribution in [0.2, 0.25) is 0 Å². The summed E-state index contributed by atoms with van der Waals surface area (Å²) >= 11 is 0. The second kappa shape index (κ2) is 4.58. The lowest BCUT2D eigenvalue weighted by atomic mass is 10.1. The lowest BCUT2D eigenvalue weighted by Gasteiger charge is -2.15. The van der Waals surface area contributed by atoms with E-state index < -0.39 is 0 Å². The molecule has 4 heteroatoms. The molecule has 1 saturated heterocycles. The largest absolute Gasteiger partial charge is 0.372 e. The quantitative estimate of drug-likeness (QED) is 0.665. The Labute approximate surface area is 79.0 Å². The molecule has 2 N–H and O–H groups in total. The minimum absolute atomic E-state index is 0.0571. The summed E-state index contributed by atoms with van der Waals surface area (Å²) in [6.07, 6.45) is 0. The molecule has 0 spiro atoms. The summed E-state index contributed by atoms with van der Waals surface area (Å²) in [5.74, 6) is 0.465. The summed E-state index contributed by atoms with van der Waals surface area (Å²) in [6, 6.07) is 0.130. The number of likely N-dealkylation sites (tertiary alicyclic amines) is 1. The van der Waals surface area contributed by atoms with Crippen molar-refractivity contribution in [3.05, 3.63) is 0 Å². The first kappa shape index (κ1) is 10.5. The smallest absolute Gasteiger partial charge is 0.248 e. The summed E-state index contributed by atoms with van der Waals surface area (Å²) in [5.41, 5.74) is 5.80. The number of amides is 1. The summed E-state index contributed by atoms with van der Waals surface area (Å²) in [4.78, 5) is 13.2. The van der Waals surface area contributed by atoms with Crippen LogP contribution in [0.25, 0.3) is 0 Å². The van der Waals surface area contributed by atoms with E-state index in [-0.39, 0.29) is 18.6 Å². The first-order valence-corrected chi connectivity index (χ1v) is 4.76. The SMILES string of the molecule is CCOCC(=O)N1CC(C)C(N)C1. The second-order valence-electron chi connectivity index (χ2n) is 3.58. The average molecular weight is 186 g/mol. The van der Waals surface area contributed by atoms with Gasteiger partial charge >= 0.3 is 0 Å². The molecule has 2 atom stereocenters. The first-order chi connectivity index (χ1) is 6.15. The lowest BCUT2D eigenvalue weighted by Crippen LogP contribution is -2.34. The lowest BCUT2D eigenvalue weighted by molar-refractivity contribution is -0.135. The molecule has 1 amide bonds. The standard InChI is InChI=1S/C9H18N2O2/c1-3-13-6-9(12)11-4-7(2)8(10)5-11/h7-8H,3-6,10H2,1-2H3. The van der Waals surface area contributed by atoms with Crippen molar-refractivity contribution in [3.8, 4) is 0 Å². The molecule has 1 fully saturated rings. The molecule has 0 aromatic carbocycles. The summed E-state index contributed by atoms with van der Waals surface area (Å²) in [6.45, 7) is 6.17. The number of hydrogen-bond donors (Lipinski definition) is 1. The van der Waals surface area contributed by atoms with Gasteiger partial charge in [0, 0.05) is 25.7 Å². The van der Waals surface area contributed by atoms with Gasteiger partial charge in [-0.1, -0.05) is 6.92 Å². The third kappa shape index (κ3) is 2.67. The molecular formula is C9H18N2O2. The van der Waals surface area contributed by atoms with E-state index in [4.69, 9.17) is 10.5 Å². The molecule has 0 radical (unpaired) electrons. The van der Waals surface area contributed by atoms with Crippen molar-refractivity contribution < 1.29 is 9.53 Å². The Bertz CT molecular complexity index is 174. The zero-order valence-corrected chi connectivity index (χ0v) is 8.32. The van der Waals surface area contributed by atoms with Crippen molar-refractivity contribution in [3.63, 3.8) is 0 Å². The van der Waals surface area contributed by atoms with Crippen molar-refractivity contribution in [2.24, 2.45) is 11.7 Å². The van der Waals surface area contributed by atoms with Crippen molar-refractivity contribution >= 4 is 5.91 Å². The van der Waals surface area contributed by atoms with Crippen LogP contribution in [-0.4, -0.2) is 43.2 Å². The second-order valence-corrected chi connectivity index (χ2v) is 3.58. The number of nitrogens with zero attached hydrogens (tertiary/aromatic N) is 1. The Hall–Kier alpha value is -0.610. The van der Waals surface area contributed by atoms with E-state index >= 15 is 0 Å². The predicted octanol–water partition coefficient (Wildman–Crippen LogP) is -0.171. The van der Waals surface area contributed by atoms with Crippen LogP contribution in [0.3, 0.4) is 0 Å². The molecule has 1 heterocycles. The van der Waals surface area contributed by atoms with Gasteiger partial charge in [-0.3, -0.25) is 4.79 Å². The van der Waals surface area contributed by atoms with Crippen LogP contribution >= 0.6 is 0 Å². The highest BCUT2D eigenvalue weighted by molar-refractivity contribution is 5.77. The number of ether oxygens (including phenoxy) is 1. The average Bonchev–Trinajstić information content (AvgIpc) is 2.43. The number of nitrogens with two attached hydrogens (primary N) is 1. The van der Waals surface area contributed by atoms with Gasteiger partial charge in [0.25, 0.3) is 0 Å². The zero-order chi connectivity index (χ0) is 9.84. The number of hydrogen-bond acceptors (Lipinski definition) is 3. The fourth-order valence-electron chi connectivity index (χ4n) is 1.48. The van der Waals surface area contributed by atoms with Gasteiger partial charge in [-0.15, -0.1) is 0 Å². The molecule has 2 unspecified atom stereocenters. The maximum Gasteiger partial charge on any atom is 0.248 e. The van der Waals surface area contributed by atoms with Gasteiger partial charge in [-0.25, -0.2) is 0 Å². The monoisotopic (exact) mass is 186 g/mol. The minimum atomic E-state index is 0.0571. The van der Waals surface area contributed by atoms with Crippen molar-refractivity contribution in [1.82, 2.24) is 4.90 Å². The van der Waals surface area contributed by atoms with Gasteiger partial charge in [0.05, 0.1) is 0 Å². The number of carbonyl (C=O) groups excluding carboxylic acids is 1. The first-order valence-electron chi connectivity index (χ1n) is 4.76. The van der Waals surface area contributed by atoms with E-state index in [9.17, 15) is 4.79 Å². The molecule has 1 aliphatic heterocycles. The van der Waals surface area contributed by atoms with Crippen LogP contribution in [0.4, 0.5) is 0 Å². The van der Waals surface area contributed by atoms with E-state index in [0.29, 0.717) is 19.1 Å². The van der Waals surface area contributed by atoms with E-state index in [1.54, 1.807) is 4.90 Å². The maximum atomic E-state index is 11.4. The van der Waals surface area contributed by atoms with Crippen LogP contribution in [0.5, 0.6) is 0 Å². The zero-order valence-electron chi connectivity index (χ0n) is 8.32. The molecule has 1 aliphatic rings. The Morgan fingerprint density at radius 1 is 1.62 bits per heavy atom. The topological polar surface area (TPSA) is 55.6 Å². The van der Waals surface area contributed by atoms with Crippen LogP contribution in [-0.2, 0) is 9.53 Å². The molecule has 13 heavy (non-hydrogen) atoms. The van der Waals surface area contributed by atoms with Gasteiger partial charge in [-0.2, -0.15) is 0 Å². The highest BCUT2D eigenvalue weighted by atomic mass is 16.5. The van der Waals surface area contributed by atoms with Crippen LogP contribution in [0.15, 0.2) is 0 Å². The van der Waals surface area contributed by atoms with Gasteiger partial charge in [0.2, 0.25) is 5.91 Å². The number of carbonyl (C=O) groups is 1. The van der Waals surface area contributed by atoms with E-state index in [2.05, 4.69) is 6.92 Å². The van der Waals surface area contributed by atoms with Crippen LogP contribution in [0.1, 0.15) is 13.8 Å². The van der Waals surface area contributed by atoms with Gasteiger partial charge in [0.15, 0.2) is 0 Å². The molecule has 4 nitrogen and oxygen atoms in total. The molecule has 1 rings (SSSR count). The molecule has 0 aliphatic carbocycles. The molecule has 0 saturated carbocycles. The molecule has 0 aromatic rings. The Balaban J connectivity index is 2.33. The van der Waals surface area contributed by atoms with Gasteiger partial charge in [-0.05, 0) is 12.8 Å². The Morgan fingerprint density at radius 2 is 2.31 bits per heavy atom. The fraction of sp³-hybridized carbons (Fsp3) is 0.889. The summed E-state index contributed by atoms with van der Waals surface area (Å²) in [7, 11) is 0. The van der Waals surface area contributed by atoms with Crippen molar-refractivity contribution in [2.45, 2.75) is 19.9 Å². The Kier molecular flexibility index (Phi) is 3.69. The third-order valence-electron chi connectivity index (χ3n) is 2.45. The predicted molar refractivity (Wildman–Crippen MR) is 50.2 cm³/mol. The maximum absolute atomic E-state index is 11.4. The van der Waals surface area contributed by atoms with Gasteiger partial charge in [0.1, 0.15) is 6.61 Å². The third-order valence-corrected chi connectivity index (χ3v) is 2.45. The molecule has 0 aromatic heterocycles. The molecular weight excluding hydrogens is 168 g/mol. The Morgan fingerprint density at radius 3 is 2.77 bits per heavy atom. The van der Waals surface area contributed by atoms with Gasteiger partial charge < -0.3 is 15.4 Å². The highest BCUT2D eigenvalue weighted by Crippen LogP contribution is 2.14. The summed E-state index contributed by atoms with van der Waals surface area (Å²) < 4.78 is 5.05. The van der Waals surface area contributed by atoms with Crippen LogP contribution < -0.4 is 5.73 Å². The van der Waals surface area contributed by atoms with Crippen LogP contribution in [0, 0.1) is 5.92 Å². The van der Waals surface area contributed by atoms with Crippen molar-refractivity contribution in [1.29, 1.82) is 0 Å². The number of rotatable bonds is 3.